The van der Waals surface area contributed by atoms with Gasteiger partial charge in [-0.1, -0.05) is 0 Å². The van der Waals surface area contributed by atoms with E-state index in [0.717, 1.165) is 0 Å². The Balaban J connectivity index is 2.55. The molecule has 1 saturated heterocycles. The number of sulfone groups is 1. The van der Waals surface area contributed by atoms with Crippen LogP contribution in [0.1, 0.15) is 0 Å². The van der Waals surface area contributed by atoms with Crippen LogP contribution in [-0.2, 0) is 9.84 Å². The first-order valence-corrected chi connectivity index (χ1v) is 4.38. The van der Waals surface area contributed by atoms with Gasteiger partial charge in [0.2, 0.25) is 0 Å². The zero-order valence-electron chi connectivity index (χ0n) is 4.79. The lowest BCUT2D eigenvalue weighted by molar-refractivity contribution is 0.563. The van der Waals surface area contributed by atoms with Gasteiger partial charge in [0.15, 0.2) is 9.84 Å². The van der Waals surface area contributed by atoms with Crippen molar-refractivity contribution in [2.45, 2.75) is 0 Å². The van der Waals surface area contributed by atoms with Crippen LogP contribution in [0.15, 0.2) is 0 Å². The van der Waals surface area contributed by atoms with Gasteiger partial charge in [0, 0.05) is 5.92 Å². The molecule has 0 atom stereocenters. The Morgan fingerprint density at radius 3 is 2.11 bits per heavy atom. The third kappa shape index (κ3) is 1.21. The van der Waals surface area contributed by atoms with Gasteiger partial charge in [0.25, 0.3) is 0 Å². The van der Waals surface area contributed by atoms with E-state index in [-0.39, 0.29) is 23.3 Å². The lowest BCUT2D eigenvalue weighted by Gasteiger charge is -2.23. The van der Waals surface area contributed by atoms with Gasteiger partial charge in [0.1, 0.15) is 0 Å². The molecule has 0 aromatic rings. The van der Waals surface area contributed by atoms with Gasteiger partial charge in [-0.05, 0) is 0 Å². The molecule has 1 heterocycles. The minimum Gasteiger partial charge on any atom is -0.387 e. The third-order valence-electron chi connectivity index (χ3n) is 1.35. The number of rotatable bonds is 1. The van der Waals surface area contributed by atoms with Crippen molar-refractivity contribution in [3.8, 4) is 0 Å². The van der Waals surface area contributed by atoms with Crippen LogP contribution in [0, 0.1) is 11.3 Å². The number of nitrogens with two attached hydrogens (primary N) is 1. The topological polar surface area (TPSA) is 84.0 Å². The highest BCUT2D eigenvalue weighted by Crippen LogP contribution is 2.16. The van der Waals surface area contributed by atoms with Crippen molar-refractivity contribution < 1.29 is 8.42 Å². The molecular weight excluding hydrogens is 140 g/mol. The van der Waals surface area contributed by atoms with Crippen LogP contribution in [0.25, 0.3) is 0 Å². The lowest BCUT2D eigenvalue weighted by atomic mass is 10.2. The Morgan fingerprint density at radius 2 is 2.00 bits per heavy atom. The maximum absolute atomic E-state index is 10.4. The maximum Gasteiger partial charge on any atom is 0.151 e. The highest BCUT2D eigenvalue weighted by Gasteiger charge is 2.35. The molecule has 0 aromatic heterocycles. The van der Waals surface area contributed by atoms with E-state index in [1.807, 2.05) is 0 Å². The van der Waals surface area contributed by atoms with E-state index >= 15 is 0 Å². The molecule has 0 amide bonds. The van der Waals surface area contributed by atoms with E-state index in [4.69, 9.17) is 11.1 Å². The Kier molecular flexibility index (Phi) is 1.23. The molecule has 52 valence electrons. The summed E-state index contributed by atoms with van der Waals surface area (Å²) in [6, 6.07) is 0. The predicted octanol–water partition coefficient (Wildman–Crippen LogP) is -1.03. The Hall–Kier alpha value is -0.580. The van der Waals surface area contributed by atoms with Gasteiger partial charge in [-0.15, -0.1) is 0 Å². The van der Waals surface area contributed by atoms with Gasteiger partial charge in [-0.25, -0.2) is 8.42 Å². The smallest absolute Gasteiger partial charge is 0.151 e. The molecule has 4 nitrogen and oxygen atoms in total. The first-order chi connectivity index (χ1) is 4.01. The maximum atomic E-state index is 10.4. The van der Waals surface area contributed by atoms with Crippen LogP contribution in [0.3, 0.4) is 0 Å². The fourth-order valence-corrected chi connectivity index (χ4v) is 2.23. The molecule has 0 aliphatic carbocycles. The van der Waals surface area contributed by atoms with Gasteiger partial charge < -0.3 is 5.73 Å². The average molecular weight is 148 g/mol. The van der Waals surface area contributed by atoms with Gasteiger partial charge in [-0.2, -0.15) is 0 Å². The van der Waals surface area contributed by atoms with Crippen LogP contribution in [0.5, 0.6) is 0 Å². The van der Waals surface area contributed by atoms with E-state index in [1.165, 1.54) is 0 Å². The summed E-state index contributed by atoms with van der Waals surface area (Å²) in [5.74, 6) is -0.0650. The molecule has 1 rings (SSSR count). The summed E-state index contributed by atoms with van der Waals surface area (Å²) in [5, 5.41) is 6.84. The van der Waals surface area contributed by atoms with Crippen LogP contribution >= 0.6 is 0 Å². The van der Waals surface area contributed by atoms with E-state index in [9.17, 15) is 8.42 Å². The van der Waals surface area contributed by atoms with Crippen LogP contribution in [0.2, 0.25) is 0 Å². The molecule has 1 aliphatic heterocycles. The zero-order valence-corrected chi connectivity index (χ0v) is 5.61. The van der Waals surface area contributed by atoms with Crippen molar-refractivity contribution in [2.75, 3.05) is 11.5 Å². The number of hydrogen-bond acceptors (Lipinski definition) is 3. The molecule has 3 N–H and O–H groups in total. The molecule has 1 aliphatic rings. The largest absolute Gasteiger partial charge is 0.387 e. The summed E-state index contributed by atoms with van der Waals surface area (Å²) < 4.78 is 20.9. The van der Waals surface area contributed by atoms with Crippen LogP contribution in [0.4, 0.5) is 0 Å². The van der Waals surface area contributed by atoms with Crippen molar-refractivity contribution in [2.24, 2.45) is 11.7 Å². The number of amidine groups is 1. The molecular formula is C4H8N2O2S. The Labute approximate surface area is 53.5 Å². The summed E-state index contributed by atoms with van der Waals surface area (Å²) in [4.78, 5) is 0. The highest BCUT2D eigenvalue weighted by molar-refractivity contribution is 7.92. The second-order valence-electron chi connectivity index (χ2n) is 2.23. The number of hydrogen-bond donors (Lipinski definition) is 2. The fourth-order valence-electron chi connectivity index (χ4n) is 0.744. The van der Waals surface area contributed by atoms with Crippen LogP contribution in [-0.4, -0.2) is 25.8 Å². The molecule has 9 heavy (non-hydrogen) atoms. The Morgan fingerprint density at radius 1 is 1.56 bits per heavy atom. The summed E-state index contributed by atoms with van der Waals surface area (Å²) in [5.41, 5.74) is 5.04. The summed E-state index contributed by atoms with van der Waals surface area (Å²) in [6.45, 7) is 0. The van der Waals surface area contributed by atoms with E-state index < -0.39 is 9.84 Å². The number of nitrogens with one attached hydrogen (secondary N) is 1. The standard InChI is InChI=1S/C4H8N2O2S/c5-4(6)3-1-9(7,8)2-3/h3H,1-2H2,(H3,5,6). The normalized spacial score (nSPS) is 24.9. The molecule has 0 aromatic carbocycles. The SMILES string of the molecule is N=C(N)C1CS(=O)(=O)C1. The minimum atomic E-state index is -2.80. The van der Waals surface area contributed by atoms with Gasteiger partial charge in [-0.3, -0.25) is 5.41 Å². The lowest BCUT2D eigenvalue weighted by Crippen LogP contribution is -2.44. The van der Waals surface area contributed by atoms with Crippen molar-refractivity contribution in [1.82, 2.24) is 0 Å². The summed E-state index contributed by atoms with van der Waals surface area (Å²) >= 11 is 0. The average Bonchev–Trinajstić information content (AvgIpc) is 1.59. The minimum absolute atomic E-state index is 0.00942. The Bertz CT molecular complexity index is 219. The van der Waals surface area contributed by atoms with E-state index in [0.29, 0.717) is 0 Å². The fraction of sp³-hybridized carbons (Fsp3) is 0.750. The molecule has 0 spiro atoms. The van der Waals surface area contributed by atoms with Crippen molar-refractivity contribution >= 4 is 15.7 Å². The molecule has 0 saturated carbocycles. The molecule has 0 unspecified atom stereocenters. The first kappa shape index (κ1) is 6.54. The summed E-state index contributed by atoms with van der Waals surface area (Å²) in [6.07, 6.45) is 0. The monoisotopic (exact) mass is 148 g/mol. The van der Waals surface area contributed by atoms with Gasteiger partial charge >= 0.3 is 0 Å². The molecule has 5 heteroatoms. The van der Waals surface area contributed by atoms with Gasteiger partial charge in [0.05, 0.1) is 17.3 Å². The summed E-state index contributed by atoms with van der Waals surface area (Å²) in [7, 11) is -2.80. The second-order valence-corrected chi connectivity index (χ2v) is 4.38. The quantitative estimate of drug-likeness (QED) is 0.368. The highest BCUT2D eigenvalue weighted by atomic mass is 32.2. The van der Waals surface area contributed by atoms with E-state index in [1.54, 1.807) is 0 Å². The molecule has 0 bridgehead atoms. The molecule has 1 fully saturated rings. The second kappa shape index (κ2) is 1.70. The molecule has 0 radical (unpaired) electrons. The van der Waals surface area contributed by atoms with E-state index in [2.05, 4.69) is 0 Å². The van der Waals surface area contributed by atoms with Crippen LogP contribution < -0.4 is 5.73 Å². The van der Waals surface area contributed by atoms with Crippen molar-refractivity contribution in [3.05, 3.63) is 0 Å². The zero-order chi connectivity index (χ0) is 7.07. The third-order valence-corrected chi connectivity index (χ3v) is 3.17. The predicted molar refractivity (Wildman–Crippen MR) is 34.1 cm³/mol. The van der Waals surface area contributed by atoms with Crippen molar-refractivity contribution in [3.63, 3.8) is 0 Å². The van der Waals surface area contributed by atoms with Crippen molar-refractivity contribution in [1.29, 1.82) is 5.41 Å². The first-order valence-electron chi connectivity index (χ1n) is 2.55.